The first-order chi connectivity index (χ1) is 12.6. The van der Waals surface area contributed by atoms with Crippen LogP contribution in [0, 0.1) is 5.82 Å². The lowest BCUT2D eigenvalue weighted by molar-refractivity contribution is 0.395. The monoisotopic (exact) mass is 356 g/mol. The molecule has 8 heteroatoms. The van der Waals surface area contributed by atoms with Crippen LogP contribution in [0.5, 0.6) is 17.2 Å². The van der Waals surface area contributed by atoms with Crippen molar-refractivity contribution in [2.75, 3.05) is 24.9 Å². The third-order valence-corrected chi connectivity index (χ3v) is 3.46. The van der Waals surface area contributed by atoms with Crippen molar-refractivity contribution in [3.8, 4) is 17.2 Å². The van der Waals surface area contributed by atoms with Crippen molar-refractivity contribution in [3.63, 3.8) is 0 Å². The molecule has 0 bridgehead atoms. The van der Waals surface area contributed by atoms with Gasteiger partial charge in [-0.15, -0.1) is 0 Å². The highest BCUT2D eigenvalue weighted by Crippen LogP contribution is 2.28. The Kier molecular flexibility index (Phi) is 5.02. The normalized spacial score (nSPS) is 10.3. The average Bonchev–Trinajstić information content (AvgIpc) is 2.64. The number of halogens is 1. The van der Waals surface area contributed by atoms with E-state index in [-0.39, 0.29) is 17.5 Å². The van der Waals surface area contributed by atoms with E-state index in [2.05, 4.69) is 20.6 Å². The second-order valence-corrected chi connectivity index (χ2v) is 5.29. The smallest absolute Gasteiger partial charge is 0.229 e. The van der Waals surface area contributed by atoms with E-state index in [1.807, 2.05) is 0 Å². The van der Waals surface area contributed by atoms with Gasteiger partial charge < -0.3 is 25.2 Å². The maximum absolute atomic E-state index is 14.1. The number of phenolic OH excluding ortho intramolecular Hbond substituents is 1. The van der Waals surface area contributed by atoms with Crippen molar-refractivity contribution in [1.82, 2.24) is 9.97 Å². The van der Waals surface area contributed by atoms with E-state index >= 15 is 0 Å². The zero-order valence-electron chi connectivity index (χ0n) is 14.2. The minimum absolute atomic E-state index is 0.0158. The number of hydrogen-bond acceptors (Lipinski definition) is 7. The Morgan fingerprint density at radius 1 is 0.962 bits per heavy atom. The standard InChI is InChI=1S/C18H17FN4O3/c1-25-14-7-12(8-15(9-14)26-2)21-17-16(19)10-20-18(23-17)22-11-4-3-5-13(24)6-11/h3-10,24H,1-2H3,(H2,20,21,22,23). The van der Waals surface area contributed by atoms with Gasteiger partial charge in [-0.1, -0.05) is 6.07 Å². The Morgan fingerprint density at radius 3 is 2.35 bits per heavy atom. The second kappa shape index (κ2) is 7.56. The third kappa shape index (κ3) is 4.10. The summed E-state index contributed by atoms with van der Waals surface area (Å²) < 4.78 is 24.5. The molecule has 0 saturated carbocycles. The number of benzene rings is 2. The molecule has 3 aromatic rings. The number of aromatic nitrogens is 2. The maximum Gasteiger partial charge on any atom is 0.229 e. The number of nitrogens with zero attached hydrogens (tertiary/aromatic N) is 2. The van der Waals surface area contributed by atoms with Crippen LogP contribution in [0.15, 0.2) is 48.7 Å². The van der Waals surface area contributed by atoms with Crippen LogP contribution < -0.4 is 20.1 Å². The highest BCUT2D eigenvalue weighted by atomic mass is 19.1. The number of aromatic hydroxyl groups is 1. The van der Waals surface area contributed by atoms with E-state index in [9.17, 15) is 9.50 Å². The van der Waals surface area contributed by atoms with Crippen molar-refractivity contribution in [1.29, 1.82) is 0 Å². The van der Waals surface area contributed by atoms with Crippen LogP contribution in [0.4, 0.5) is 27.5 Å². The molecule has 3 N–H and O–H groups in total. The molecule has 0 amide bonds. The molecular weight excluding hydrogens is 339 g/mol. The summed E-state index contributed by atoms with van der Waals surface area (Å²) in [6.07, 6.45) is 1.05. The van der Waals surface area contributed by atoms with Gasteiger partial charge in [0.1, 0.15) is 17.2 Å². The van der Waals surface area contributed by atoms with Gasteiger partial charge >= 0.3 is 0 Å². The van der Waals surface area contributed by atoms with Gasteiger partial charge in [0.05, 0.1) is 20.4 Å². The largest absolute Gasteiger partial charge is 0.508 e. The fourth-order valence-electron chi connectivity index (χ4n) is 2.24. The lowest BCUT2D eigenvalue weighted by Crippen LogP contribution is -2.03. The summed E-state index contributed by atoms with van der Waals surface area (Å²) in [6, 6.07) is 11.5. The van der Waals surface area contributed by atoms with E-state index < -0.39 is 5.82 Å². The fourth-order valence-corrected chi connectivity index (χ4v) is 2.24. The van der Waals surface area contributed by atoms with Crippen LogP contribution in [-0.4, -0.2) is 29.3 Å². The molecule has 0 saturated heterocycles. The molecule has 0 fully saturated rings. The van der Waals surface area contributed by atoms with Crippen LogP contribution in [0.25, 0.3) is 0 Å². The number of phenols is 1. The van der Waals surface area contributed by atoms with Crippen molar-refractivity contribution in [3.05, 3.63) is 54.5 Å². The molecule has 26 heavy (non-hydrogen) atoms. The number of rotatable bonds is 6. The number of nitrogens with one attached hydrogen (secondary N) is 2. The molecule has 0 radical (unpaired) electrons. The summed E-state index contributed by atoms with van der Waals surface area (Å²) in [5, 5.41) is 15.3. The quantitative estimate of drug-likeness (QED) is 0.618. The summed E-state index contributed by atoms with van der Waals surface area (Å²) in [7, 11) is 3.06. The zero-order valence-corrected chi connectivity index (χ0v) is 14.2. The lowest BCUT2D eigenvalue weighted by atomic mass is 10.2. The Labute approximate surface area is 149 Å². The van der Waals surface area contributed by atoms with Gasteiger partial charge in [-0.3, -0.25) is 0 Å². The molecule has 134 valence electrons. The number of hydrogen-bond donors (Lipinski definition) is 3. The first kappa shape index (κ1) is 17.3. The van der Waals surface area contributed by atoms with Crippen LogP contribution in [0.3, 0.4) is 0 Å². The van der Waals surface area contributed by atoms with E-state index in [0.29, 0.717) is 22.9 Å². The van der Waals surface area contributed by atoms with Gasteiger partial charge in [0.25, 0.3) is 0 Å². The van der Waals surface area contributed by atoms with E-state index in [4.69, 9.17) is 9.47 Å². The van der Waals surface area contributed by atoms with Crippen LogP contribution in [-0.2, 0) is 0 Å². The molecule has 3 rings (SSSR count). The van der Waals surface area contributed by atoms with Crippen LogP contribution >= 0.6 is 0 Å². The highest BCUT2D eigenvalue weighted by Gasteiger charge is 2.10. The van der Waals surface area contributed by atoms with Gasteiger partial charge in [-0.05, 0) is 12.1 Å². The topological polar surface area (TPSA) is 88.5 Å². The minimum atomic E-state index is -0.617. The predicted octanol–water partition coefficient (Wildman–Crippen LogP) is 3.83. The van der Waals surface area contributed by atoms with E-state index in [1.54, 1.807) is 36.4 Å². The van der Waals surface area contributed by atoms with Gasteiger partial charge in [-0.2, -0.15) is 4.98 Å². The first-order valence-electron chi connectivity index (χ1n) is 7.66. The van der Waals surface area contributed by atoms with Gasteiger partial charge in [0, 0.05) is 35.6 Å². The highest BCUT2D eigenvalue weighted by molar-refractivity contribution is 5.63. The Hall–Kier alpha value is -3.55. The summed E-state index contributed by atoms with van der Waals surface area (Å²) in [5.74, 6) is 0.748. The molecular formula is C18H17FN4O3. The molecule has 1 aromatic heterocycles. The SMILES string of the molecule is COc1cc(Nc2nc(Nc3cccc(O)c3)ncc2F)cc(OC)c1. The number of anilines is 4. The molecule has 0 spiro atoms. The number of methoxy groups -OCH3 is 2. The molecule has 0 aliphatic rings. The predicted molar refractivity (Wildman–Crippen MR) is 96.2 cm³/mol. The maximum atomic E-state index is 14.1. The second-order valence-electron chi connectivity index (χ2n) is 5.29. The van der Waals surface area contributed by atoms with Crippen LogP contribution in [0.1, 0.15) is 0 Å². The molecule has 7 nitrogen and oxygen atoms in total. The molecule has 0 atom stereocenters. The number of ether oxygens (including phenoxy) is 2. The first-order valence-corrected chi connectivity index (χ1v) is 7.66. The molecule has 1 heterocycles. The summed E-state index contributed by atoms with van der Waals surface area (Å²) in [5.41, 5.74) is 1.12. The van der Waals surface area contributed by atoms with Gasteiger partial charge in [0.15, 0.2) is 11.6 Å². The Balaban J connectivity index is 1.86. The van der Waals surface area contributed by atoms with Crippen LogP contribution in [0.2, 0.25) is 0 Å². The summed E-state index contributed by atoms with van der Waals surface area (Å²) in [4.78, 5) is 8.04. The van der Waals surface area contributed by atoms with Gasteiger partial charge in [-0.25, -0.2) is 9.37 Å². The van der Waals surface area contributed by atoms with E-state index in [0.717, 1.165) is 6.20 Å². The Morgan fingerprint density at radius 2 is 1.69 bits per heavy atom. The third-order valence-electron chi connectivity index (χ3n) is 3.46. The minimum Gasteiger partial charge on any atom is -0.508 e. The van der Waals surface area contributed by atoms with Crippen molar-refractivity contribution >= 4 is 23.1 Å². The average molecular weight is 356 g/mol. The summed E-state index contributed by atoms with van der Waals surface area (Å²) in [6.45, 7) is 0. The van der Waals surface area contributed by atoms with E-state index in [1.165, 1.54) is 20.3 Å². The molecule has 0 aliphatic heterocycles. The summed E-state index contributed by atoms with van der Waals surface area (Å²) >= 11 is 0. The molecule has 0 aliphatic carbocycles. The van der Waals surface area contributed by atoms with Crippen molar-refractivity contribution in [2.24, 2.45) is 0 Å². The molecule has 0 unspecified atom stereocenters. The lowest BCUT2D eigenvalue weighted by Gasteiger charge is -2.12. The zero-order chi connectivity index (χ0) is 18.5. The fraction of sp³-hybridized carbons (Fsp3) is 0.111. The van der Waals surface area contributed by atoms with Crippen molar-refractivity contribution in [2.45, 2.75) is 0 Å². The van der Waals surface area contributed by atoms with Crippen molar-refractivity contribution < 1.29 is 19.0 Å². The molecule has 2 aromatic carbocycles. The van der Waals surface area contributed by atoms with Gasteiger partial charge in [0.2, 0.25) is 5.95 Å². The Bertz CT molecular complexity index is 898.